The number of rotatable bonds is 9. The van der Waals surface area contributed by atoms with E-state index >= 15 is 0 Å². The maximum atomic E-state index is 13.3. The molecule has 7 nitrogen and oxygen atoms in total. The van der Waals surface area contributed by atoms with Gasteiger partial charge >= 0.3 is 0 Å². The highest BCUT2D eigenvalue weighted by Gasteiger charge is 2.23. The first-order chi connectivity index (χ1) is 16.8. The fourth-order valence-corrected chi connectivity index (χ4v) is 6.07. The largest absolute Gasteiger partial charge is 0.497 e. The number of nitrogens with zero attached hydrogens (tertiary/aromatic N) is 3. The average Bonchev–Trinajstić information content (AvgIpc) is 3.30. The minimum absolute atomic E-state index is 0.0535. The Hall–Kier alpha value is -3.01. The van der Waals surface area contributed by atoms with E-state index in [1.807, 2.05) is 37.3 Å². The molecule has 4 aromatic rings. The quantitative estimate of drug-likeness (QED) is 0.286. The molecule has 0 radical (unpaired) electrons. The molecule has 2 aromatic carbocycles. The summed E-state index contributed by atoms with van der Waals surface area (Å²) in [4.78, 5) is 24.1. The van der Waals surface area contributed by atoms with Crippen LogP contribution in [0.4, 0.5) is 5.13 Å². The van der Waals surface area contributed by atoms with E-state index in [1.165, 1.54) is 30.6 Å². The lowest BCUT2D eigenvalue weighted by Crippen LogP contribution is -2.30. The Balaban J connectivity index is 1.53. The summed E-state index contributed by atoms with van der Waals surface area (Å²) in [7, 11) is -2.01. The zero-order valence-electron chi connectivity index (χ0n) is 19.3. The van der Waals surface area contributed by atoms with Gasteiger partial charge in [-0.2, -0.15) is 0 Å². The van der Waals surface area contributed by atoms with E-state index in [0.29, 0.717) is 21.6 Å². The number of anilines is 1. The molecule has 1 amide bonds. The minimum atomic E-state index is -3.53. The highest BCUT2D eigenvalue weighted by molar-refractivity contribution is 7.91. The highest BCUT2D eigenvalue weighted by Crippen LogP contribution is 2.34. The number of sulfone groups is 1. The topological polar surface area (TPSA) is 89.5 Å². The van der Waals surface area contributed by atoms with Crippen molar-refractivity contribution in [1.29, 1.82) is 0 Å². The summed E-state index contributed by atoms with van der Waals surface area (Å²) in [6.07, 6.45) is 1.90. The van der Waals surface area contributed by atoms with Gasteiger partial charge in [-0.1, -0.05) is 29.0 Å². The van der Waals surface area contributed by atoms with Crippen LogP contribution in [0.3, 0.4) is 0 Å². The van der Waals surface area contributed by atoms with E-state index in [4.69, 9.17) is 21.3 Å². The Morgan fingerprint density at radius 3 is 2.57 bits per heavy atom. The van der Waals surface area contributed by atoms with Crippen molar-refractivity contribution in [2.45, 2.75) is 31.2 Å². The summed E-state index contributed by atoms with van der Waals surface area (Å²) >= 11 is 7.65. The van der Waals surface area contributed by atoms with Crippen LogP contribution in [-0.2, 0) is 21.2 Å². The van der Waals surface area contributed by atoms with Gasteiger partial charge in [-0.3, -0.25) is 14.7 Å². The smallest absolute Gasteiger partial charge is 0.229 e. The molecule has 0 aliphatic carbocycles. The Morgan fingerprint density at radius 1 is 1.11 bits per heavy atom. The molecule has 35 heavy (non-hydrogen) atoms. The number of halogens is 1. The number of pyridine rings is 1. The van der Waals surface area contributed by atoms with Gasteiger partial charge in [-0.15, -0.1) is 0 Å². The van der Waals surface area contributed by atoms with Crippen LogP contribution in [0.2, 0.25) is 5.02 Å². The van der Waals surface area contributed by atoms with E-state index in [1.54, 1.807) is 23.2 Å². The molecule has 0 aliphatic rings. The summed E-state index contributed by atoms with van der Waals surface area (Å²) in [5.41, 5.74) is 2.31. The third-order valence-electron chi connectivity index (χ3n) is 5.54. The zero-order valence-corrected chi connectivity index (χ0v) is 21.7. The molecule has 0 saturated carbocycles. The van der Waals surface area contributed by atoms with Crippen molar-refractivity contribution in [3.63, 3.8) is 0 Å². The molecule has 0 spiro atoms. The van der Waals surface area contributed by atoms with E-state index in [0.717, 1.165) is 15.8 Å². The number of thiazole rings is 1. The van der Waals surface area contributed by atoms with Crippen molar-refractivity contribution in [1.82, 2.24) is 9.97 Å². The number of carbonyl (C=O) groups is 1. The van der Waals surface area contributed by atoms with E-state index in [2.05, 4.69) is 4.98 Å². The number of hydrogen-bond donors (Lipinski definition) is 0. The van der Waals surface area contributed by atoms with E-state index in [9.17, 15) is 13.2 Å². The predicted octanol–water partition coefficient (Wildman–Crippen LogP) is 5.45. The van der Waals surface area contributed by atoms with Crippen LogP contribution in [0.1, 0.15) is 24.1 Å². The number of fused-ring (bicyclic) bond motifs is 1. The molecule has 10 heteroatoms. The molecule has 2 aromatic heterocycles. The van der Waals surface area contributed by atoms with Crippen molar-refractivity contribution >= 4 is 54.0 Å². The SMILES string of the molecule is COc1ccc(S(=O)(=O)CCCC(=O)N(Cc2ccccn2)c2nc3c(C)c(Cl)ccc3s2)cc1. The maximum Gasteiger partial charge on any atom is 0.229 e. The number of carbonyl (C=O) groups excluding carboxylic acids is 1. The van der Waals surface area contributed by atoms with E-state index in [-0.39, 0.29) is 35.9 Å². The third kappa shape index (κ3) is 5.80. The molecule has 0 atom stereocenters. The van der Waals surface area contributed by atoms with Crippen LogP contribution in [0.25, 0.3) is 10.2 Å². The molecule has 0 bridgehead atoms. The van der Waals surface area contributed by atoms with Crippen LogP contribution in [0, 0.1) is 6.92 Å². The highest BCUT2D eigenvalue weighted by atomic mass is 35.5. The molecule has 182 valence electrons. The first-order valence-corrected chi connectivity index (χ1v) is 13.8. The fraction of sp³-hybridized carbons (Fsp3) is 0.240. The van der Waals surface area contributed by atoms with Gasteiger partial charge in [-0.05, 0) is 67.4 Å². The van der Waals surface area contributed by atoms with Crippen molar-refractivity contribution in [3.05, 3.63) is 77.1 Å². The molecule has 0 aliphatic heterocycles. The first kappa shape index (κ1) is 25.1. The second-order valence-corrected chi connectivity index (χ2v) is 11.4. The second-order valence-electron chi connectivity index (χ2n) is 7.91. The molecule has 2 heterocycles. The van der Waals surface area contributed by atoms with Gasteiger partial charge in [0.15, 0.2) is 15.0 Å². The van der Waals surface area contributed by atoms with Crippen LogP contribution < -0.4 is 9.64 Å². The number of ether oxygens (including phenoxy) is 1. The Kier molecular flexibility index (Phi) is 7.69. The molecular weight excluding hydrogens is 506 g/mol. The van der Waals surface area contributed by atoms with Crippen molar-refractivity contribution in [3.8, 4) is 5.75 Å². The van der Waals surface area contributed by atoms with Crippen LogP contribution in [0.15, 0.2) is 65.7 Å². The summed E-state index contributed by atoms with van der Waals surface area (Å²) < 4.78 is 31.5. The van der Waals surface area contributed by atoms with Crippen molar-refractivity contribution < 1.29 is 17.9 Å². The number of benzene rings is 2. The number of amides is 1. The lowest BCUT2D eigenvalue weighted by molar-refractivity contribution is -0.118. The van der Waals surface area contributed by atoms with Crippen molar-refractivity contribution in [2.75, 3.05) is 17.8 Å². The Labute approximate surface area is 213 Å². The van der Waals surface area contributed by atoms with Gasteiger partial charge in [0.2, 0.25) is 5.91 Å². The lowest BCUT2D eigenvalue weighted by atomic mass is 10.2. The third-order valence-corrected chi connectivity index (χ3v) is 8.81. The summed E-state index contributed by atoms with van der Waals surface area (Å²) in [6, 6.07) is 15.4. The zero-order chi connectivity index (χ0) is 25.0. The maximum absolute atomic E-state index is 13.3. The molecular formula is C25H24ClN3O4S2. The average molecular weight is 530 g/mol. The molecule has 0 fully saturated rings. The van der Waals surface area contributed by atoms with Gasteiger partial charge in [0, 0.05) is 17.6 Å². The standard InChI is InChI=1S/C25H24ClN3O4S2/c1-17-21(26)12-13-22-24(17)28-25(34-22)29(16-18-6-3-4-14-27-18)23(30)7-5-15-35(31,32)20-10-8-19(33-2)9-11-20/h3-4,6,8-14H,5,7,15-16H2,1-2H3. The second kappa shape index (κ2) is 10.7. The Bertz CT molecular complexity index is 1440. The number of aryl methyl sites for hydroxylation is 1. The summed E-state index contributed by atoms with van der Waals surface area (Å²) in [5, 5.41) is 1.14. The number of methoxy groups -OCH3 is 1. The summed E-state index contributed by atoms with van der Waals surface area (Å²) in [5.74, 6) is 0.219. The van der Waals surface area contributed by atoms with Gasteiger partial charge in [-0.25, -0.2) is 13.4 Å². The van der Waals surface area contributed by atoms with Crippen LogP contribution in [0.5, 0.6) is 5.75 Å². The fourth-order valence-electron chi connectivity index (χ4n) is 3.57. The number of hydrogen-bond acceptors (Lipinski definition) is 7. The first-order valence-electron chi connectivity index (χ1n) is 10.9. The van der Waals surface area contributed by atoms with Crippen LogP contribution in [-0.4, -0.2) is 37.2 Å². The minimum Gasteiger partial charge on any atom is -0.497 e. The van der Waals surface area contributed by atoms with Gasteiger partial charge in [0.1, 0.15) is 5.75 Å². The van der Waals surface area contributed by atoms with Gasteiger partial charge < -0.3 is 4.74 Å². The Morgan fingerprint density at radius 2 is 1.89 bits per heavy atom. The predicted molar refractivity (Wildman–Crippen MR) is 139 cm³/mol. The van der Waals surface area contributed by atoms with Crippen LogP contribution >= 0.6 is 22.9 Å². The monoisotopic (exact) mass is 529 g/mol. The molecule has 0 saturated heterocycles. The molecule has 0 unspecified atom stereocenters. The molecule has 0 N–H and O–H groups in total. The van der Waals surface area contributed by atoms with Crippen molar-refractivity contribution in [2.24, 2.45) is 0 Å². The van der Waals surface area contributed by atoms with Gasteiger partial charge in [0.05, 0.1) is 40.2 Å². The van der Waals surface area contributed by atoms with E-state index < -0.39 is 9.84 Å². The normalized spacial score (nSPS) is 11.5. The number of aromatic nitrogens is 2. The lowest BCUT2D eigenvalue weighted by Gasteiger charge is -2.19. The summed E-state index contributed by atoms with van der Waals surface area (Å²) in [6.45, 7) is 2.13. The molecule has 4 rings (SSSR count). The van der Waals surface area contributed by atoms with Gasteiger partial charge in [0.25, 0.3) is 0 Å².